The van der Waals surface area contributed by atoms with Crippen molar-refractivity contribution in [2.45, 2.75) is 38.3 Å². The number of rotatable bonds is 8. The predicted octanol–water partition coefficient (Wildman–Crippen LogP) is 0.862. The van der Waals surface area contributed by atoms with Gasteiger partial charge in [0, 0.05) is 24.9 Å². The van der Waals surface area contributed by atoms with Crippen molar-refractivity contribution < 1.29 is 14.7 Å². The van der Waals surface area contributed by atoms with Crippen molar-refractivity contribution in [3.8, 4) is 0 Å². The summed E-state index contributed by atoms with van der Waals surface area (Å²) in [5.74, 6) is -0.561. The molecule has 0 unspecified atom stereocenters. The maximum Gasteiger partial charge on any atom is 0.305 e. The average Bonchev–Trinajstić information content (AvgIpc) is 3.08. The fourth-order valence-corrected chi connectivity index (χ4v) is 2.38. The van der Waals surface area contributed by atoms with Crippen molar-refractivity contribution in [3.63, 3.8) is 0 Å². The van der Waals surface area contributed by atoms with Crippen LogP contribution in [0.3, 0.4) is 0 Å². The molecule has 2 aromatic rings. The van der Waals surface area contributed by atoms with E-state index in [1.807, 2.05) is 16.9 Å². The molecule has 1 saturated carbocycles. The highest BCUT2D eigenvalue weighted by Crippen LogP contribution is 2.38. The van der Waals surface area contributed by atoms with Gasteiger partial charge >= 0.3 is 5.97 Å². The van der Waals surface area contributed by atoms with Gasteiger partial charge in [-0.1, -0.05) is 0 Å². The Balaban J connectivity index is 1.48. The summed E-state index contributed by atoms with van der Waals surface area (Å²) in [6, 6.07) is 3.61. The van der Waals surface area contributed by atoms with Crippen LogP contribution in [0.15, 0.2) is 24.5 Å². The predicted molar refractivity (Wildman–Crippen MR) is 81.0 cm³/mol. The number of nitrogens with zero attached hydrogens (tertiary/aromatic N) is 4. The quantitative estimate of drug-likeness (QED) is 0.752. The van der Waals surface area contributed by atoms with E-state index in [1.165, 1.54) is 23.7 Å². The molecular weight excluding hydrogens is 298 g/mol. The normalized spacial score (nSPS) is 13.9. The van der Waals surface area contributed by atoms with Crippen LogP contribution in [0.25, 0.3) is 0 Å². The molecule has 122 valence electrons. The number of carbonyl (C=O) groups excluding carboxylic acids is 1. The number of aromatic nitrogens is 4. The van der Waals surface area contributed by atoms with E-state index >= 15 is 0 Å². The van der Waals surface area contributed by atoms with Gasteiger partial charge in [-0.2, -0.15) is 10.2 Å². The number of carboxylic acids is 1. The fourth-order valence-electron chi connectivity index (χ4n) is 2.38. The van der Waals surface area contributed by atoms with Gasteiger partial charge in [0.05, 0.1) is 25.2 Å². The zero-order valence-corrected chi connectivity index (χ0v) is 12.7. The first-order chi connectivity index (χ1) is 11.1. The third-order valence-corrected chi connectivity index (χ3v) is 3.77. The van der Waals surface area contributed by atoms with Crippen molar-refractivity contribution in [1.29, 1.82) is 0 Å². The Kier molecular flexibility index (Phi) is 4.40. The highest BCUT2D eigenvalue weighted by molar-refractivity contribution is 5.92. The molecule has 0 saturated heterocycles. The second kappa shape index (κ2) is 6.64. The minimum Gasteiger partial charge on any atom is -0.481 e. The number of nitrogens with one attached hydrogen (secondary N) is 1. The molecule has 0 aliphatic heterocycles. The monoisotopic (exact) mass is 317 g/mol. The Bertz CT molecular complexity index is 702. The Morgan fingerprint density at radius 2 is 2.13 bits per heavy atom. The number of aryl methyl sites for hydroxylation is 1. The first kappa shape index (κ1) is 15.3. The van der Waals surface area contributed by atoms with E-state index in [9.17, 15) is 9.59 Å². The lowest BCUT2D eigenvalue weighted by molar-refractivity contribution is -0.137. The fraction of sp³-hybridized carbons (Fsp3) is 0.467. The van der Waals surface area contributed by atoms with Crippen molar-refractivity contribution in [3.05, 3.63) is 35.9 Å². The van der Waals surface area contributed by atoms with Gasteiger partial charge in [0.2, 0.25) is 0 Å². The number of amides is 1. The molecule has 0 spiro atoms. The van der Waals surface area contributed by atoms with E-state index in [1.54, 1.807) is 6.07 Å². The minimum absolute atomic E-state index is 0.0702. The Morgan fingerprint density at radius 3 is 2.87 bits per heavy atom. The summed E-state index contributed by atoms with van der Waals surface area (Å²) in [6.07, 6.45) is 5.78. The Hall–Kier alpha value is -2.64. The molecule has 0 radical (unpaired) electrons. The van der Waals surface area contributed by atoms with Gasteiger partial charge in [-0.15, -0.1) is 0 Å². The highest BCUT2D eigenvalue weighted by Gasteiger charge is 2.25. The molecule has 8 heteroatoms. The van der Waals surface area contributed by atoms with Crippen LogP contribution in [0, 0.1) is 0 Å². The Labute approximate surface area is 133 Å². The van der Waals surface area contributed by atoms with Crippen LogP contribution < -0.4 is 5.32 Å². The van der Waals surface area contributed by atoms with Crippen molar-refractivity contribution >= 4 is 11.9 Å². The number of aliphatic carboxylic acids is 1. The zero-order chi connectivity index (χ0) is 16.2. The lowest BCUT2D eigenvalue weighted by Crippen LogP contribution is -2.29. The van der Waals surface area contributed by atoms with E-state index in [0.29, 0.717) is 24.7 Å². The van der Waals surface area contributed by atoms with Crippen LogP contribution in [-0.4, -0.2) is 43.1 Å². The van der Waals surface area contributed by atoms with E-state index in [4.69, 9.17) is 5.11 Å². The summed E-state index contributed by atoms with van der Waals surface area (Å²) in [4.78, 5) is 22.7. The van der Waals surface area contributed by atoms with Crippen LogP contribution in [0.5, 0.6) is 0 Å². The molecule has 8 nitrogen and oxygen atoms in total. The topological polar surface area (TPSA) is 102 Å². The van der Waals surface area contributed by atoms with Gasteiger partial charge in [0.1, 0.15) is 5.69 Å². The molecule has 23 heavy (non-hydrogen) atoms. The molecule has 3 rings (SSSR count). The molecule has 0 atom stereocenters. The van der Waals surface area contributed by atoms with Crippen molar-refractivity contribution in [2.75, 3.05) is 6.54 Å². The van der Waals surface area contributed by atoms with E-state index in [0.717, 1.165) is 5.69 Å². The Morgan fingerprint density at radius 1 is 1.30 bits per heavy atom. The summed E-state index contributed by atoms with van der Waals surface area (Å²) < 4.78 is 3.23. The number of carboxylic acid groups (broad SMARTS) is 1. The maximum atomic E-state index is 12.1. The molecular formula is C15H19N5O3. The van der Waals surface area contributed by atoms with Crippen LogP contribution in [0.4, 0.5) is 0 Å². The summed E-state index contributed by atoms with van der Waals surface area (Å²) in [5, 5.41) is 20.0. The summed E-state index contributed by atoms with van der Waals surface area (Å²) in [5.41, 5.74) is 1.49. The molecule has 1 fully saturated rings. The van der Waals surface area contributed by atoms with E-state index in [2.05, 4.69) is 15.5 Å². The van der Waals surface area contributed by atoms with Crippen LogP contribution in [0.1, 0.15) is 41.4 Å². The molecule has 2 heterocycles. The number of carbonyl (C=O) groups is 2. The molecule has 0 aromatic carbocycles. The molecule has 1 aliphatic carbocycles. The first-order valence-corrected chi connectivity index (χ1v) is 7.68. The number of hydrogen-bond donors (Lipinski definition) is 2. The van der Waals surface area contributed by atoms with Crippen LogP contribution in [0.2, 0.25) is 0 Å². The first-order valence-electron chi connectivity index (χ1n) is 7.68. The van der Waals surface area contributed by atoms with Gasteiger partial charge in [-0.25, -0.2) is 0 Å². The smallest absolute Gasteiger partial charge is 0.305 e. The van der Waals surface area contributed by atoms with Crippen LogP contribution >= 0.6 is 0 Å². The summed E-state index contributed by atoms with van der Waals surface area (Å²) >= 11 is 0. The SMILES string of the molecule is O=C(O)CCn1nccc1C(=O)NCCn1ccc(C2CC2)n1. The van der Waals surface area contributed by atoms with Gasteiger partial charge in [0.25, 0.3) is 5.91 Å². The van der Waals surface area contributed by atoms with E-state index in [-0.39, 0.29) is 18.9 Å². The van der Waals surface area contributed by atoms with Crippen molar-refractivity contribution in [2.24, 2.45) is 0 Å². The van der Waals surface area contributed by atoms with Gasteiger partial charge in [-0.3, -0.25) is 19.0 Å². The lowest BCUT2D eigenvalue weighted by atomic mass is 10.3. The summed E-state index contributed by atoms with van der Waals surface area (Å²) in [6.45, 7) is 1.23. The second-order valence-electron chi connectivity index (χ2n) is 5.62. The molecule has 2 N–H and O–H groups in total. The van der Waals surface area contributed by atoms with Crippen molar-refractivity contribution in [1.82, 2.24) is 24.9 Å². The third-order valence-electron chi connectivity index (χ3n) is 3.77. The van der Waals surface area contributed by atoms with E-state index < -0.39 is 5.97 Å². The maximum absolute atomic E-state index is 12.1. The van der Waals surface area contributed by atoms with Gasteiger partial charge in [-0.05, 0) is 25.0 Å². The largest absolute Gasteiger partial charge is 0.481 e. The van der Waals surface area contributed by atoms with Gasteiger partial charge < -0.3 is 10.4 Å². The van der Waals surface area contributed by atoms with Crippen LogP contribution in [-0.2, 0) is 17.9 Å². The molecule has 0 bridgehead atoms. The molecule has 1 amide bonds. The standard InChI is InChI=1S/C15H19N5O3/c21-14(22)5-9-20-13(3-6-17-20)15(23)16-7-10-19-8-4-12(18-19)11-1-2-11/h3-4,6,8,11H,1-2,5,7,9-10H2,(H,16,23)(H,21,22). The lowest BCUT2D eigenvalue weighted by Gasteiger charge is -2.07. The minimum atomic E-state index is -0.919. The second-order valence-corrected chi connectivity index (χ2v) is 5.62. The molecule has 1 aliphatic rings. The third kappa shape index (κ3) is 3.97. The van der Waals surface area contributed by atoms with Gasteiger partial charge in [0.15, 0.2) is 0 Å². The average molecular weight is 317 g/mol. The summed E-state index contributed by atoms with van der Waals surface area (Å²) in [7, 11) is 0. The number of hydrogen-bond acceptors (Lipinski definition) is 4. The highest BCUT2D eigenvalue weighted by atomic mass is 16.4. The molecule has 2 aromatic heterocycles. The zero-order valence-electron chi connectivity index (χ0n) is 12.7.